The molecule has 1 aromatic carbocycles. The number of thioether (sulfide) groups is 1. The zero-order valence-electron chi connectivity index (χ0n) is 33.3. The van der Waals surface area contributed by atoms with E-state index in [1.807, 2.05) is 70.8 Å². The van der Waals surface area contributed by atoms with Crippen LogP contribution in [0.4, 0.5) is 0 Å². The Labute approximate surface area is 312 Å². The number of rotatable bonds is 20. The van der Waals surface area contributed by atoms with Crippen molar-refractivity contribution < 1.29 is 29.0 Å². The molecule has 3 N–H and O–H groups in total. The maximum absolute atomic E-state index is 14.2. The molecule has 0 aliphatic carbocycles. The third kappa shape index (κ3) is 12.1. The Morgan fingerprint density at radius 3 is 2.24 bits per heavy atom. The van der Waals surface area contributed by atoms with Crippen LogP contribution in [-0.4, -0.2) is 127 Å². The van der Waals surface area contributed by atoms with Crippen molar-refractivity contribution in [2.75, 3.05) is 47.6 Å². The number of benzene rings is 1. The van der Waals surface area contributed by atoms with E-state index in [0.29, 0.717) is 19.5 Å². The van der Waals surface area contributed by atoms with Crippen LogP contribution in [0.5, 0.6) is 5.75 Å². The van der Waals surface area contributed by atoms with Gasteiger partial charge in [-0.05, 0) is 75.1 Å². The van der Waals surface area contributed by atoms with Crippen LogP contribution < -0.4 is 10.6 Å². The number of nitrogens with one attached hydrogen (secondary N) is 2. The van der Waals surface area contributed by atoms with Crippen LogP contribution in [0.25, 0.3) is 0 Å². The average molecular weight is 734 g/mol. The molecule has 0 bridgehead atoms. The third-order valence-corrected chi connectivity index (χ3v) is 11.8. The summed E-state index contributed by atoms with van der Waals surface area (Å²) in [5.41, 5.74) is 0.946. The second kappa shape index (κ2) is 21.0. The van der Waals surface area contributed by atoms with Crippen LogP contribution in [-0.2, 0) is 30.3 Å². The van der Waals surface area contributed by atoms with Gasteiger partial charge in [-0.15, -0.1) is 0 Å². The Balaban J connectivity index is 2.21. The van der Waals surface area contributed by atoms with E-state index >= 15 is 0 Å². The van der Waals surface area contributed by atoms with Gasteiger partial charge in [-0.2, -0.15) is 11.8 Å². The van der Waals surface area contributed by atoms with Gasteiger partial charge in [-0.25, -0.2) is 0 Å². The summed E-state index contributed by atoms with van der Waals surface area (Å²) < 4.78 is 6.03. The van der Waals surface area contributed by atoms with Gasteiger partial charge in [0.25, 0.3) is 0 Å². The maximum Gasteiger partial charge on any atom is 0.245 e. The number of hydrogen-bond acceptors (Lipinski definition) is 8. The first-order valence-corrected chi connectivity index (χ1v) is 19.9. The fourth-order valence-corrected chi connectivity index (χ4v) is 8.74. The monoisotopic (exact) mass is 733 g/mol. The van der Waals surface area contributed by atoms with E-state index in [-0.39, 0.29) is 76.8 Å². The molecule has 0 aromatic heterocycles. The fraction of sp³-hybridized carbons (Fsp3) is 0.744. The maximum atomic E-state index is 14.2. The Morgan fingerprint density at radius 1 is 1.04 bits per heavy atom. The van der Waals surface area contributed by atoms with E-state index in [0.717, 1.165) is 24.8 Å². The molecule has 0 saturated carbocycles. The molecule has 51 heavy (non-hydrogen) atoms. The molecule has 290 valence electrons. The van der Waals surface area contributed by atoms with Gasteiger partial charge < -0.3 is 30.3 Å². The SMILES string of the molecule is CCC(C)C(C(CC(=O)N1CCCC1C(SC)C(C)C(=O)NCCc1cccc(O)c1)OC)N(C)C(=O)C(NC(=O)C(C(C)C)N(C)C)C(C)C. The highest BCUT2D eigenvalue weighted by Gasteiger charge is 2.42. The van der Waals surface area contributed by atoms with Gasteiger partial charge in [0.2, 0.25) is 23.6 Å². The lowest BCUT2D eigenvalue weighted by molar-refractivity contribution is -0.146. The molecule has 8 unspecified atom stereocenters. The summed E-state index contributed by atoms with van der Waals surface area (Å²) in [5, 5.41) is 15.8. The Morgan fingerprint density at radius 2 is 1.71 bits per heavy atom. The number of hydrogen-bond donors (Lipinski definition) is 3. The molecule has 1 aliphatic heterocycles. The molecule has 12 heteroatoms. The summed E-state index contributed by atoms with van der Waals surface area (Å²) in [6.07, 6.45) is 4.56. The zero-order valence-corrected chi connectivity index (χ0v) is 34.1. The van der Waals surface area contributed by atoms with Gasteiger partial charge in [0, 0.05) is 44.5 Å². The minimum atomic E-state index is -0.735. The van der Waals surface area contributed by atoms with Crippen molar-refractivity contribution in [3.8, 4) is 5.75 Å². The van der Waals surface area contributed by atoms with Gasteiger partial charge in [0.05, 0.1) is 24.6 Å². The van der Waals surface area contributed by atoms with E-state index in [1.54, 1.807) is 49.0 Å². The lowest BCUT2D eigenvalue weighted by Gasteiger charge is -2.41. The predicted octanol–water partition coefficient (Wildman–Crippen LogP) is 4.41. The van der Waals surface area contributed by atoms with Crippen LogP contribution in [0.3, 0.4) is 0 Å². The lowest BCUT2D eigenvalue weighted by Crippen LogP contribution is -2.59. The normalized spacial score (nSPS) is 19.0. The number of ether oxygens (including phenoxy) is 1. The van der Waals surface area contributed by atoms with Crippen molar-refractivity contribution in [2.45, 2.75) is 116 Å². The largest absolute Gasteiger partial charge is 0.508 e. The van der Waals surface area contributed by atoms with Gasteiger partial charge in [0.15, 0.2) is 0 Å². The number of nitrogens with zero attached hydrogens (tertiary/aromatic N) is 3. The van der Waals surface area contributed by atoms with E-state index in [1.165, 1.54) is 0 Å². The molecule has 0 radical (unpaired) electrons. The van der Waals surface area contributed by atoms with Gasteiger partial charge >= 0.3 is 0 Å². The molecule has 2 rings (SSSR count). The summed E-state index contributed by atoms with van der Waals surface area (Å²) in [6, 6.07) is 5.40. The van der Waals surface area contributed by atoms with Crippen molar-refractivity contribution in [1.29, 1.82) is 0 Å². The third-order valence-electron chi connectivity index (χ3n) is 10.6. The number of amides is 4. The summed E-state index contributed by atoms with van der Waals surface area (Å²) in [7, 11) is 7.08. The Hall–Kier alpha value is -2.83. The number of likely N-dealkylation sites (N-methyl/N-ethyl adjacent to an activating group) is 2. The summed E-state index contributed by atoms with van der Waals surface area (Å²) in [4.78, 5) is 60.5. The van der Waals surface area contributed by atoms with E-state index in [2.05, 4.69) is 24.5 Å². The molecule has 1 fully saturated rings. The molecular weight excluding hydrogens is 667 g/mol. The molecule has 1 aliphatic rings. The van der Waals surface area contributed by atoms with Crippen molar-refractivity contribution in [3.63, 3.8) is 0 Å². The molecule has 1 heterocycles. The molecular formula is C39H67N5O6S. The molecule has 11 nitrogen and oxygen atoms in total. The number of aromatic hydroxyl groups is 1. The van der Waals surface area contributed by atoms with Crippen LogP contribution >= 0.6 is 11.8 Å². The standard InChI is InChI=1S/C39H67N5O6S/c1-13-26(6)35(43(10)39(49)33(24(2)3)41-38(48)34(25(4)5)42(8)9)31(50-11)23-32(46)44-21-15-18-30(44)36(51-12)27(7)37(47)40-20-19-28-16-14-17-29(45)22-28/h14,16-17,22,24-27,30-31,33-36,45H,13,15,18-21,23H2,1-12H3,(H,40,47)(H,41,48). The number of carbonyl (C=O) groups is 4. The van der Waals surface area contributed by atoms with Crippen molar-refractivity contribution >= 4 is 35.4 Å². The zero-order chi connectivity index (χ0) is 38.6. The van der Waals surface area contributed by atoms with Crippen molar-refractivity contribution in [3.05, 3.63) is 29.8 Å². The quantitative estimate of drug-likeness (QED) is 0.180. The Kier molecular flexibility index (Phi) is 18.3. The van der Waals surface area contributed by atoms with Gasteiger partial charge in [-0.3, -0.25) is 24.1 Å². The van der Waals surface area contributed by atoms with Crippen molar-refractivity contribution in [2.24, 2.45) is 23.7 Å². The van der Waals surface area contributed by atoms with Gasteiger partial charge in [0.1, 0.15) is 11.8 Å². The van der Waals surface area contributed by atoms with Crippen LogP contribution in [0.15, 0.2) is 24.3 Å². The number of carbonyl (C=O) groups excluding carboxylic acids is 4. The van der Waals surface area contributed by atoms with Crippen LogP contribution in [0.2, 0.25) is 0 Å². The lowest BCUT2D eigenvalue weighted by atomic mass is 9.89. The minimum Gasteiger partial charge on any atom is -0.508 e. The number of phenols is 1. The summed E-state index contributed by atoms with van der Waals surface area (Å²) >= 11 is 1.61. The smallest absolute Gasteiger partial charge is 0.245 e. The highest BCUT2D eigenvalue weighted by molar-refractivity contribution is 7.99. The summed E-state index contributed by atoms with van der Waals surface area (Å²) in [6.45, 7) is 15.0. The molecule has 8 atom stereocenters. The van der Waals surface area contributed by atoms with E-state index in [9.17, 15) is 24.3 Å². The predicted molar refractivity (Wildman–Crippen MR) is 207 cm³/mol. The number of methoxy groups -OCH3 is 1. The first kappa shape index (κ1) is 44.3. The van der Waals surface area contributed by atoms with E-state index < -0.39 is 18.2 Å². The van der Waals surface area contributed by atoms with E-state index in [4.69, 9.17) is 4.74 Å². The van der Waals surface area contributed by atoms with Crippen LogP contribution in [0, 0.1) is 23.7 Å². The van der Waals surface area contributed by atoms with Crippen molar-refractivity contribution in [1.82, 2.24) is 25.3 Å². The molecule has 1 saturated heterocycles. The molecule has 1 aromatic rings. The average Bonchev–Trinajstić information content (AvgIpc) is 3.55. The first-order chi connectivity index (χ1) is 24.0. The highest BCUT2D eigenvalue weighted by atomic mass is 32.2. The summed E-state index contributed by atoms with van der Waals surface area (Å²) in [5.74, 6) is -0.697. The number of phenolic OH excluding ortho intramolecular Hbond substituents is 1. The molecule has 4 amide bonds. The fourth-order valence-electron chi connectivity index (χ4n) is 7.61. The second-order valence-electron chi connectivity index (χ2n) is 15.2. The number of likely N-dealkylation sites (tertiary alicyclic amines) is 1. The topological polar surface area (TPSA) is 132 Å². The minimum absolute atomic E-state index is 0.0160. The highest BCUT2D eigenvalue weighted by Crippen LogP contribution is 2.33. The Bertz CT molecular complexity index is 1270. The first-order valence-electron chi connectivity index (χ1n) is 18.6. The molecule has 0 spiro atoms. The van der Waals surface area contributed by atoms with Gasteiger partial charge in [-0.1, -0.05) is 67.0 Å². The van der Waals surface area contributed by atoms with Crippen LogP contribution in [0.1, 0.15) is 79.7 Å². The second-order valence-corrected chi connectivity index (χ2v) is 16.2.